The molecule has 0 bridgehead atoms. The minimum Gasteiger partial charge on any atom is -0.309 e. The minimum atomic E-state index is -0.293. The van der Waals surface area contributed by atoms with Crippen LogP contribution in [-0.4, -0.2) is 15.9 Å². The average molecular weight is 259 g/mol. The molecule has 0 radical (unpaired) electrons. The van der Waals surface area contributed by atoms with E-state index in [-0.39, 0.29) is 17.6 Å². The Hall–Kier alpha value is -2.30. The smallest absolute Gasteiger partial charge is 0.228 e. The molecule has 0 unspecified atom stereocenters. The van der Waals surface area contributed by atoms with Crippen molar-refractivity contribution in [3.05, 3.63) is 54.2 Å². The van der Waals surface area contributed by atoms with Crippen molar-refractivity contribution in [1.82, 2.24) is 9.97 Å². The third kappa shape index (κ3) is 3.84. The van der Waals surface area contributed by atoms with Gasteiger partial charge in [0.25, 0.3) is 0 Å². The molecule has 1 amide bonds. The third-order valence-corrected chi connectivity index (χ3v) is 2.69. The van der Waals surface area contributed by atoms with E-state index in [0.29, 0.717) is 12.2 Å². The number of carbonyl (C=O) groups is 1. The predicted octanol–water partition coefficient (Wildman–Crippen LogP) is 2.43. The maximum absolute atomic E-state index is 13.0. The Bertz CT molecular complexity index is 560. The summed E-state index contributed by atoms with van der Waals surface area (Å²) in [6, 6.07) is 6.26. The zero-order chi connectivity index (χ0) is 13.7. The Morgan fingerprint density at radius 2 is 2.26 bits per heavy atom. The summed E-state index contributed by atoms with van der Waals surface area (Å²) in [5.41, 5.74) is 0.793. The molecule has 0 fully saturated rings. The number of anilines is 1. The molecule has 0 saturated heterocycles. The molecule has 19 heavy (non-hydrogen) atoms. The van der Waals surface area contributed by atoms with Crippen molar-refractivity contribution in [1.29, 1.82) is 0 Å². The normalized spacial score (nSPS) is 11.9. The maximum Gasteiger partial charge on any atom is 0.228 e. The fourth-order valence-corrected chi connectivity index (χ4v) is 1.72. The molecule has 0 aliphatic carbocycles. The highest BCUT2D eigenvalue weighted by atomic mass is 19.1. The van der Waals surface area contributed by atoms with Crippen molar-refractivity contribution in [2.45, 2.75) is 13.3 Å². The molecule has 0 aliphatic rings. The number of nitrogens with one attached hydrogen (secondary N) is 1. The van der Waals surface area contributed by atoms with Crippen molar-refractivity contribution in [2.75, 3.05) is 5.32 Å². The van der Waals surface area contributed by atoms with Gasteiger partial charge in [-0.2, -0.15) is 0 Å². The second-order valence-electron chi connectivity index (χ2n) is 4.31. The largest absolute Gasteiger partial charge is 0.309 e. The lowest BCUT2D eigenvalue weighted by molar-refractivity contribution is -0.119. The lowest BCUT2D eigenvalue weighted by Gasteiger charge is -2.11. The van der Waals surface area contributed by atoms with E-state index in [1.54, 1.807) is 19.1 Å². The lowest BCUT2D eigenvalue weighted by Crippen LogP contribution is -2.22. The van der Waals surface area contributed by atoms with Gasteiger partial charge in [-0.15, -0.1) is 0 Å². The number of hydrogen-bond donors (Lipinski definition) is 1. The Morgan fingerprint density at radius 3 is 2.95 bits per heavy atom. The molecular weight excluding hydrogens is 245 g/mol. The molecule has 1 N–H and O–H groups in total. The first kappa shape index (κ1) is 13.1. The lowest BCUT2D eigenvalue weighted by atomic mass is 10.0. The molecule has 1 aromatic heterocycles. The van der Waals surface area contributed by atoms with Gasteiger partial charge >= 0.3 is 0 Å². The van der Waals surface area contributed by atoms with Crippen LogP contribution >= 0.6 is 0 Å². The van der Waals surface area contributed by atoms with E-state index < -0.39 is 0 Å². The quantitative estimate of drug-likeness (QED) is 0.917. The number of rotatable bonds is 4. The zero-order valence-corrected chi connectivity index (χ0v) is 10.5. The van der Waals surface area contributed by atoms with Gasteiger partial charge in [0.2, 0.25) is 5.91 Å². The molecule has 0 aliphatic heterocycles. The van der Waals surface area contributed by atoms with Gasteiger partial charge in [-0.05, 0) is 24.1 Å². The van der Waals surface area contributed by atoms with Crippen LogP contribution in [0, 0.1) is 11.7 Å². The second kappa shape index (κ2) is 6.04. The molecule has 2 rings (SSSR count). The van der Waals surface area contributed by atoms with E-state index in [1.165, 1.54) is 30.7 Å². The van der Waals surface area contributed by atoms with Crippen LogP contribution in [0.5, 0.6) is 0 Å². The number of carbonyl (C=O) groups excluding carboxylic acids is 1. The monoisotopic (exact) mass is 259 g/mol. The third-order valence-electron chi connectivity index (χ3n) is 2.69. The van der Waals surface area contributed by atoms with Crippen molar-refractivity contribution in [2.24, 2.45) is 5.92 Å². The number of benzene rings is 1. The summed E-state index contributed by atoms with van der Waals surface area (Å²) in [5.74, 6) is -0.314. The molecule has 0 spiro atoms. The Balaban J connectivity index is 1.96. The maximum atomic E-state index is 13.0. The molecular formula is C14H14FN3O. The number of hydrogen-bond acceptors (Lipinski definition) is 3. The van der Waals surface area contributed by atoms with Crippen molar-refractivity contribution < 1.29 is 9.18 Å². The SMILES string of the molecule is C[C@@H](Cc1cccc(F)c1)C(=O)Nc1cnccn1. The highest BCUT2D eigenvalue weighted by molar-refractivity contribution is 5.91. The topological polar surface area (TPSA) is 54.9 Å². The van der Waals surface area contributed by atoms with Gasteiger partial charge in [0, 0.05) is 18.3 Å². The number of nitrogens with zero attached hydrogens (tertiary/aromatic N) is 2. The van der Waals surface area contributed by atoms with Crippen LogP contribution in [-0.2, 0) is 11.2 Å². The first-order chi connectivity index (χ1) is 9.15. The highest BCUT2D eigenvalue weighted by Crippen LogP contribution is 2.12. The van der Waals surface area contributed by atoms with Crippen LogP contribution in [0.1, 0.15) is 12.5 Å². The van der Waals surface area contributed by atoms with Gasteiger partial charge in [0.15, 0.2) is 5.82 Å². The highest BCUT2D eigenvalue weighted by Gasteiger charge is 2.14. The molecule has 2 aromatic rings. The van der Waals surface area contributed by atoms with Crippen LogP contribution in [0.15, 0.2) is 42.9 Å². The Labute approximate surface area is 110 Å². The van der Waals surface area contributed by atoms with Crippen LogP contribution in [0.4, 0.5) is 10.2 Å². The first-order valence-electron chi connectivity index (χ1n) is 5.96. The van der Waals surface area contributed by atoms with Crippen molar-refractivity contribution in [3.63, 3.8) is 0 Å². The summed E-state index contributed by atoms with van der Waals surface area (Å²) in [6.45, 7) is 1.79. The van der Waals surface area contributed by atoms with Gasteiger partial charge in [-0.3, -0.25) is 9.78 Å². The fraction of sp³-hybridized carbons (Fsp3) is 0.214. The molecule has 5 heteroatoms. The summed E-state index contributed by atoms with van der Waals surface area (Å²) in [4.78, 5) is 19.8. The van der Waals surface area contributed by atoms with E-state index in [2.05, 4.69) is 15.3 Å². The number of amides is 1. The van der Waals surface area contributed by atoms with Gasteiger partial charge in [-0.1, -0.05) is 19.1 Å². The summed E-state index contributed by atoms with van der Waals surface area (Å²) >= 11 is 0. The van der Waals surface area contributed by atoms with Gasteiger partial charge < -0.3 is 5.32 Å². The van der Waals surface area contributed by atoms with Gasteiger partial charge in [0.1, 0.15) is 5.82 Å². The molecule has 0 saturated carbocycles. The first-order valence-corrected chi connectivity index (χ1v) is 5.96. The number of aromatic nitrogens is 2. The summed E-state index contributed by atoms with van der Waals surface area (Å²) in [5, 5.41) is 2.67. The summed E-state index contributed by atoms with van der Waals surface area (Å²) in [6.07, 6.45) is 5.00. The standard InChI is InChI=1S/C14H14FN3O/c1-10(7-11-3-2-4-12(15)8-11)14(19)18-13-9-16-5-6-17-13/h2-6,8-10H,7H2,1H3,(H,17,18,19)/t10-/m0/s1. The van der Waals surface area contributed by atoms with Crippen LogP contribution in [0.25, 0.3) is 0 Å². The van der Waals surface area contributed by atoms with E-state index in [1.807, 2.05) is 0 Å². The Kier molecular flexibility index (Phi) is 4.18. The molecule has 1 atom stereocenters. The van der Waals surface area contributed by atoms with E-state index in [9.17, 15) is 9.18 Å². The van der Waals surface area contributed by atoms with Crippen LogP contribution in [0.3, 0.4) is 0 Å². The second-order valence-corrected chi connectivity index (χ2v) is 4.31. The van der Waals surface area contributed by atoms with Crippen LogP contribution in [0.2, 0.25) is 0 Å². The average Bonchev–Trinajstić information content (AvgIpc) is 2.40. The molecule has 4 nitrogen and oxygen atoms in total. The molecule has 1 aromatic carbocycles. The van der Waals surface area contributed by atoms with E-state index >= 15 is 0 Å². The van der Waals surface area contributed by atoms with Gasteiger partial charge in [0.05, 0.1) is 6.20 Å². The molecule has 98 valence electrons. The zero-order valence-electron chi connectivity index (χ0n) is 10.5. The van der Waals surface area contributed by atoms with E-state index in [4.69, 9.17) is 0 Å². The summed E-state index contributed by atoms with van der Waals surface area (Å²) in [7, 11) is 0. The fourth-order valence-electron chi connectivity index (χ4n) is 1.72. The summed E-state index contributed by atoms with van der Waals surface area (Å²) < 4.78 is 13.0. The predicted molar refractivity (Wildman–Crippen MR) is 69.9 cm³/mol. The number of halogens is 1. The Morgan fingerprint density at radius 1 is 1.42 bits per heavy atom. The van der Waals surface area contributed by atoms with Gasteiger partial charge in [-0.25, -0.2) is 9.37 Å². The minimum absolute atomic E-state index is 0.162. The van der Waals surface area contributed by atoms with E-state index in [0.717, 1.165) is 5.56 Å². The van der Waals surface area contributed by atoms with Crippen LogP contribution < -0.4 is 5.32 Å². The van der Waals surface area contributed by atoms with Crippen molar-refractivity contribution >= 4 is 11.7 Å². The molecule has 1 heterocycles. The van der Waals surface area contributed by atoms with Crippen molar-refractivity contribution in [3.8, 4) is 0 Å².